The Bertz CT molecular complexity index is 152. The molecule has 1 aliphatic rings. The van der Waals surface area contributed by atoms with Gasteiger partial charge in [-0.3, -0.25) is 4.99 Å². The van der Waals surface area contributed by atoms with Crippen molar-refractivity contribution in [2.24, 2.45) is 10.7 Å². The predicted octanol–water partition coefficient (Wildman–Crippen LogP) is 0.803. The fourth-order valence-corrected chi connectivity index (χ4v) is 1.49. The van der Waals surface area contributed by atoms with Crippen LogP contribution in [-0.4, -0.2) is 25.2 Å². The van der Waals surface area contributed by atoms with E-state index < -0.39 is 6.67 Å². The van der Waals surface area contributed by atoms with E-state index in [-0.39, 0.29) is 6.54 Å². The minimum atomic E-state index is -0.437. The molecule has 3 nitrogen and oxygen atoms in total. The van der Waals surface area contributed by atoms with Crippen LogP contribution in [0.2, 0.25) is 0 Å². The molecule has 0 saturated heterocycles. The minimum absolute atomic E-state index is 0.172. The average Bonchev–Trinajstić information content (AvgIpc) is 2.53. The Hall–Kier alpha value is -0.800. The number of hydrogen-bond acceptors (Lipinski definition) is 1. The largest absolute Gasteiger partial charge is 0.370 e. The van der Waals surface area contributed by atoms with Gasteiger partial charge in [0, 0.05) is 6.04 Å². The Morgan fingerprint density at radius 3 is 2.75 bits per heavy atom. The van der Waals surface area contributed by atoms with E-state index in [9.17, 15) is 4.39 Å². The van der Waals surface area contributed by atoms with Crippen LogP contribution in [0.15, 0.2) is 4.99 Å². The normalized spacial score (nSPS) is 19.9. The Kier molecular flexibility index (Phi) is 3.84. The van der Waals surface area contributed by atoms with Crippen LogP contribution in [0.5, 0.6) is 0 Å². The van der Waals surface area contributed by atoms with Gasteiger partial charge in [-0.1, -0.05) is 12.8 Å². The summed E-state index contributed by atoms with van der Waals surface area (Å²) >= 11 is 0. The monoisotopic (exact) mass is 173 g/mol. The average molecular weight is 173 g/mol. The van der Waals surface area contributed by atoms with Crippen LogP contribution in [-0.2, 0) is 0 Å². The van der Waals surface area contributed by atoms with Crippen LogP contribution in [0, 0.1) is 0 Å². The van der Waals surface area contributed by atoms with Gasteiger partial charge in [0.1, 0.15) is 6.67 Å². The van der Waals surface area contributed by atoms with E-state index in [1.54, 1.807) is 0 Å². The molecule has 1 rings (SSSR count). The van der Waals surface area contributed by atoms with Crippen molar-refractivity contribution in [3.8, 4) is 0 Å². The van der Waals surface area contributed by atoms with Gasteiger partial charge in [0.15, 0.2) is 5.96 Å². The molecular formula is C8H16FN3. The van der Waals surface area contributed by atoms with Gasteiger partial charge in [-0.15, -0.1) is 0 Å². The molecule has 0 bridgehead atoms. The summed E-state index contributed by atoms with van der Waals surface area (Å²) in [6.45, 7) is -0.265. The standard InChI is InChI=1S/C8H16FN3/c9-5-6-11-8(10)12-7-3-1-2-4-7/h7H,1-6H2,(H3,10,11,12). The van der Waals surface area contributed by atoms with E-state index in [0.717, 1.165) is 12.8 Å². The summed E-state index contributed by atoms with van der Waals surface area (Å²) in [5, 5.41) is 3.07. The quantitative estimate of drug-likeness (QED) is 0.490. The molecule has 0 heterocycles. The SMILES string of the molecule is NC(=NCCF)NC1CCCC1. The van der Waals surface area contributed by atoms with Gasteiger partial charge >= 0.3 is 0 Å². The van der Waals surface area contributed by atoms with Crippen molar-refractivity contribution >= 4 is 5.96 Å². The lowest BCUT2D eigenvalue weighted by atomic mass is 10.2. The van der Waals surface area contributed by atoms with Crippen molar-refractivity contribution in [3.05, 3.63) is 0 Å². The minimum Gasteiger partial charge on any atom is -0.370 e. The van der Waals surface area contributed by atoms with Crippen molar-refractivity contribution in [3.63, 3.8) is 0 Å². The highest BCUT2D eigenvalue weighted by atomic mass is 19.1. The lowest BCUT2D eigenvalue weighted by molar-refractivity contribution is 0.503. The van der Waals surface area contributed by atoms with Crippen LogP contribution >= 0.6 is 0 Å². The lowest BCUT2D eigenvalue weighted by Gasteiger charge is -2.11. The molecule has 0 aliphatic heterocycles. The Morgan fingerprint density at radius 1 is 1.50 bits per heavy atom. The summed E-state index contributed by atoms with van der Waals surface area (Å²) < 4.78 is 11.7. The first kappa shape index (κ1) is 9.29. The summed E-state index contributed by atoms with van der Waals surface area (Å²) in [5.41, 5.74) is 5.51. The Labute approximate surface area is 72.2 Å². The number of aliphatic imine (C=N–C) groups is 1. The van der Waals surface area contributed by atoms with Crippen LogP contribution in [0.1, 0.15) is 25.7 Å². The number of nitrogens with zero attached hydrogens (tertiary/aromatic N) is 1. The molecule has 0 radical (unpaired) electrons. The molecule has 0 unspecified atom stereocenters. The number of halogens is 1. The molecule has 1 fully saturated rings. The molecule has 1 saturated carbocycles. The van der Waals surface area contributed by atoms with E-state index in [1.165, 1.54) is 12.8 Å². The van der Waals surface area contributed by atoms with Gasteiger partial charge in [-0.2, -0.15) is 0 Å². The second kappa shape index (κ2) is 4.95. The second-order valence-electron chi connectivity index (χ2n) is 3.08. The summed E-state index contributed by atoms with van der Waals surface area (Å²) in [4.78, 5) is 3.81. The third-order valence-electron chi connectivity index (χ3n) is 2.07. The third kappa shape index (κ3) is 3.07. The van der Waals surface area contributed by atoms with E-state index in [2.05, 4.69) is 10.3 Å². The zero-order valence-corrected chi connectivity index (χ0v) is 7.22. The van der Waals surface area contributed by atoms with Crippen molar-refractivity contribution in [1.29, 1.82) is 0 Å². The summed E-state index contributed by atoms with van der Waals surface area (Å²) in [6, 6.07) is 0.466. The smallest absolute Gasteiger partial charge is 0.188 e. The number of alkyl halides is 1. The number of nitrogens with two attached hydrogens (primary N) is 1. The first-order valence-electron chi connectivity index (χ1n) is 4.45. The van der Waals surface area contributed by atoms with Gasteiger partial charge in [-0.05, 0) is 12.8 Å². The summed E-state index contributed by atoms with van der Waals surface area (Å²) in [6.07, 6.45) is 4.83. The molecule has 0 aromatic carbocycles. The van der Waals surface area contributed by atoms with Gasteiger partial charge in [-0.25, -0.2) is 4.39 Å². The molecule has 3 N–H and O–H groups in total. The van der Waals surface area contributed by atoms with Gasteiger partial charge in [0.2, 0.25) is 0 Å². The predicted molar refractivity (Wildman–Crippen MR) is 47.9 cm³/mol. The summed E-state index contributed by atoms with van der Waals surface area (Å²) in [7, 11) is 0. The van der Waals surface area contributed by atoms with Crippen LogP contribution in [0.4, 0.5) is 4.39 Å². The molecule has 0 aromatic heterocycles. The highest BCUT2D eigenvalue weighted by Crippen LogP contribution is 2.17. The van der Waals surface area contributed by atoms with Crippen molar-refractivity contribution in [2.45, 2.75) is 31.7 Å². The molecule has 0 spiro atoms. The van der Waals surface area contributed by atoms with E-state index in [1.807, 2.05) is 0 Å². The fourth-order valence-electron chi connectivity index (χ4n) is 1.49. The van der Waals surface area contributed by atoms with E-state index in [0.29, 0.717) is 12.0 Å². The van der Waals surface area contributed by atoms with Crippen molar-refractivity contribution < 1.29 is 4.39 Å². The number of guanidine groups is 1. The zero-order valence-electron chi connectivity index (χ0n) is 7.22. The molecule has 0 atom stereocenters. The molecule has 4 heteroatoms. The topological polar surface area (TPSA) is 50.4 Å². The van der Waals surface area contributed by atoms with Gasteiger partial charge < -0.3 is 11.1 Å². The molecule has 70 valence electrons. The molecular weight excluding hydrogens is 157 g/mol. The van der Waals surface area contributed by atoms with Crippen LogP contribution in [0.25, 0.3) is 0 Å². The van der Waals surface area contributed by atoms with Crippen LogP contribution in [0.3, 0.4) is 0 Å². The molecule has 1 aliphatic carbocycles. The zero-order chi connectivity index (χ0) is 8.81. The van der Waals surface area contributed by atoms with Gasteiger partial charge in [0.05, 0.1) is 6.54 Å². The lowest BCUT2D eigenvalue weighted by Crippen LogP contribution is -2.38. The number of nitrogens with one attached hydrogen (secondary N) is 1. The number of hydrogen-bond donors (Lipinski definition) is 2. The maximum Gasteiger partial charge on any atom is 0.188 e. The van der Waals surface area contributed by atoms with Crippen molar-refractivity contribution in [2.75, 3.05) is 13.2 Å². The first-order valence-corrected chi connectivity index (χ1v) is 4.45. The Balaban J connectivity index is 2.19. The van der Waals surface area contributed by atoms with Crippen LogP contribution < -0.4 is 11.1 Å². The van der Waals surface area contributed by atoms with E-state index in [4.69, 9.17) is 5.73 Å². The van der Waals surface area contributed by atoms with Crippen molar-refractivity contribution in [1.82, 2.24) is 5.32 Å². The van der Waals surface area contributed by atoms with E-state index >= 15 is 0 Å². The maximum absolute atomic E-state index is 11.7. The third-order valence-corrected chi connectivity index (χ3v) is 2.07. The Morgan fingerprint density at radius 2 is 2.17 bits per heavy atom. The fraction of sp³-hybridized carbons (Fsp3) is 0.875. The summed E-state index contributed by atoms with van der Waals surface area (Å²) in [5.74, 6) is 0.388. The molecule has 0 aromatic rings. The number of rotatable bonds is 3. The van der Waals surface area contributed by atoms with Gasteiger partial charge in [0.25, 0.3) is 0 Å². The highest BCUT2D eigenvalue weighted by molar-refractivity contribution is 5.78. The molecule has 12 heavy (non-hydrogen) atoms. The maximum atomic E-state index is 11.7. The molecule has 0 amide bonds. The first-order chi connectivity index (χ1) is 5.83. The highest BCUT2D eigenvalue weighted by Gasteiger charge is 2.14. The second-order valence-corrected chi connectivity index (χ2v) is 3.08.